The molecule has 2 atom stereocenters. The summed E-state index contributed by atoms with van der Waals surface area (Å²) in [5.41, 5.74) is 2.14. The van der Waals surface area contributed by atoms with Gasteiger partial charge in [-0.2, -0.15) is 0 Å². The number of guanidine groups is 1. The number of likely N-dealkylation sites (N-methyl/N-ethyl adjacent to an activating group) is 1. The second-order valence-corrected chi connectivity index (χ2v) is 8.57. The number of rotatable bonds is 4. The van der Waals surface area contributed by atoms with Crippen LogP contribution in [-0.4, -0.2) is 80.2 Å². The van der Waals surface area contributed by atoms with Gasteiger partial charge in [-0.1, -0.05) is 18.2 Å². The Labute approximate surface area is 213 Å². The number of aliphatic imine (C=N–C) groups is 1. The fourth-order valence-electron chi connectivity index (χ4n) is 4.36. The molecule has 2 aliphatic heterocycles. The third kappa shape index (κ3) is 6.54. The first-order chi connectivity index (χ1) is 15.5. The van der Waals surface area contributed by atoms with Crippen LogP contribution in [0, 0.1) is 5.82 Å². The van der Waals surface area contributed by atoms with E-state index in [4.69, 9.17) is 4.74 Å². The molecule has 33 heavy (non-hydrogen) atoms. The van der Waals surface area contributed by atoms with E-state index in [0.717, 1.165) is 55.6 Å². The van der Waals surface area contributed by atoms with E-state index in [2.05, 4.69) is 50.0 Å². The highest BCUT2D eigenvalue weighted by atomic mass is 127. The van der Waals surface area contributed by atoms with Crippen LogP contribution in [0.1, 0.15) is 24.2 Å². The van der Waals surface area contributed by atoms with Crippen molar-refractivity contribution in [2.75, 3.05) is 58.3 Å². The molecule has 4 rings (SSSR count). The van der Waals surface area contributed by atoms with E-state index >= 15 is 0 Å². The molecule has 1 N–H and O–H groups in total. The van der Waals surface area contributed by atoms with E-state index in [9.17, 15) is 4.39 Å². The molecule has 7 nitrogen and oxygen atoms in total. The Balaban J connectivity index is 0.00000306. The number of anilines is 1. The van der Waals surface area contributed by atoms with Crippen molar-refractivity contribution in [2.24, 2.45) is 4.99 Å². The zero-order valence-corrected chi connectivity index (χ0v) is 21.9. The van der Waals surface area contributed by atoms with Crippen LogP contribution in [0.4, 0.5) is 10.2 Å². The molecule has 0 aliphatic carbocycles. The quantitative estimate of drug-likeness (QED) is 0.348. The van der Waals surface area contributed by atoms with Crippen molar-refractivity contribution >= 4 is 35.8 Å². The number of benzene rings is 1. The molecular weight excluding hydrogens is 534 g/mol. The van der Waals surface area contributed by atoms with Gasteiger partial charge in [-0.3, -0.25) is 4.99 Å². The van der Waals surface area contributed by atoms with Crippen molar-refractivity contribution in [1.29, 1.82) is 0 Å². The van der Waals surface area contributed by atoms with E-state index in [0.29, 0.717) is 13.1 Å². The highest BCUT2D eigenvalue weighted by Crippen LogP contribution is 2.26. The Morgan fingerprint density at radius 2 is 1.88 bits per heavy atom. The fourth-order valence-corrected chi connectivity index (χ4v) is 4.36. The standard InChI is InChI=1S/C24H33FN6O.HI/c1-18-16-31(17-22(32-18)19-6-8-21(25)9-7-19)24(26-2)28-15-20-5-4-10-27-23(20)30-13-11-29(3)12-14-30;/h4-10,18,22H,11-17H2,1-3H3,(H,26,28);1H. The van der Waals surface area contributed by atoms with Crippen molar-refractivity contribution in [1.82, 2.24) is 20.1 Å². The predicted octanol–water partition coefficient (Wildman–Crippen LogP) is 3.13. The number of nitrogens with zero attached hydrogens (tertiary/aromatic N) is 5. The Morgan fingerprint density at radius 3 is 2.58 bits per heavy atom. The maximum absolute atomic E-state index is 13.3. The molecule has 1 aromatic carbocycles. The van der Waals surface area contributed by atoms with Gasteiger partial charge >= 0.3 is 0 Å². The molecule has 2 saturated heterocycles. The van der Waals surface area contributed by atoms with Gasteiger partial charge in [-0.15, -0.1) is 24.0 Å². The van der Waals surface area contributed by atoms with Crippen LogP contribution in [-0.2, 0) is 11.3 Å². The molecule has 2 aromatic rings. The summed E-state index contributed by atoms with van der Waals surface area (Å²) in [6, 6.07) is 10.7. The summed E-state index contributed by atoms with van der Waals surface area (Å²) < 4.78 is 19.5. The Bertz CT molecular complexity index is 919. The highest BCUT2D eigenvalue weighted by Gasteiger charge is 2.28. The Hall–Kier alpha value is -1.98. The molecule has 1 aromatic heterocycles. The van der Waals surface area contributed by atoms with Gasteiger partial charge in [0.25, 0.3) is 0 Å². The van der Waals surface area contributed by atoms with Crippen LogP contribution in [0.2, 0.25) is 0 Å². The van der Waals surface area contributed by atoms with Crippen molar-refractivity contribution in [2.45, 2.75) is 25.7 Å². The average Bonchev–Trinajstić information content (AvgIpc) is 2.80. The van der Waals surface area contributed by atoms with Crippen LogP contribution in [0.5, 0.6) is 0 Å². The lowest BCUT2D eigenvalue weighted by atomic mass is 10.1. The summed E-state index contributed by atoms with van der Waals surface area (Å²) in [5, 5.41) is 3.53. The van der Waals surface area contributed by atoms with E-state index in [1.807, 2.05) is 12.3 Å². The van der Waals surface area contributed by atoms with Gasteiger partial charge in [-0.05, 0) is 37.7 Å². The number of hydrogen-bond acceptors (Lipinski definition) is 5. The van der Waals surface area contributed by atoms with Crippen LogP contribution in [0.3, 0.4) is 0 Å². The van der Waals surface area contributed by atoms with Gasteiger partial charge in [0, 0.05) is 58.1 Å². The molecule has 3 heterocycles. The van der Waals surface area contributed by atoms with Crippen molar-refractivity contribution in [3.05, 3.63) is 59.5 Å². The summed E-state index contributed by atoms with van der Waals surface area (Å²) in [7, 11) is 3.96. The monoisotopic (exact) mass is 568 g/mol. The molecule has 2 unspecified atom stereocenters. The third-order valence-electron chi connectivity index (χ3n) is 6.12. The number of hydrogen-bond donors (Lipinski definition) is 1. The second-order valence-electron chi connectivity index (χ2n) is 8.57. The number of pyridine rings is 1. The molecule has 2 fully saturated rings. The van der Waals surface area contributed by atoms with Gasteiger partial charge in [0.2, 0.25) is 0 Å². The van der Waals surface area contributed by atoms with Crippen LogP contribution < -0.4 is 10.2 Å². The minimum absolute atomic E-state index is 0. The zero-order valence-electron chi connectivity index (χ0n) is 19.6. The summed E-state index contributed by atoms with van der Waals surface area (Å²) >= 11 is 0. The molecule has 2 aliphatic rings. The minimum Gasteiger partial charge on any atom is -0.367 e. The first kappa shape index (κ1) is 25.6. The number of ether oxygens (including phenoxy) is 1. The van der Waals surface area contributed by atoms with E-state index < -0.39 is 0 Å². The Morgan fingerprint density at radius 1 is 1.15 bits per heavy atom. The first-order valence-corrected chi connectivity index (χ1v) is 11.3. The van der Waals surface area contributed by atoms with Crippen molar-refractivity contribution in [3.8, 4) is 0 Å². The molecular formula is C24H34FIN6O. The minimum atomic E-state index is -0.237. The van der Waals surface area contributed by atoms with Gasteiger partial charge in [0.05, 0.1) is 12.6 Å². The summed E-state index contributed by atoms with van der Waals surface area (Å²) in [5.74, 6) is 1.64. The molecule has 0 saturated carbocycles. The fraction of sp³-hybridized carbons (Fsp3) is 0.500. The molecule has 180 valence electrons. The largest absolute Gasteiger partial charge is 0.367 e. The Kier molecular flexibility index (Phi) is 9.27. The number of morpholine rings is 1. The lowest BCUT2D eigenvalue weighted by Crippen LogP contribution is -2.50. The maximum atomic E-state index is 13.3. The normalized spacial score (nSPS) is 22.1. The zero-order chi connectivity index (χ0) is 22.5. The number of nitrogens with one attached hydrogen (secondary N) is 1. The topological polar surface area (TPSA) is 56.2 Å². The van der Waals surface area contributed by atoms with Gasteiger partial charge in [0.1, 0.15) is 17.7 Å². The summed E-state index contributed by atoms with van der Waals surface area (Å²) in [6.45, 7) is 8.16. The molecule has 9 heteroatoms. The maximum Gasteiger partial charge on any atom is 0.194 e. The number of piperazine rings is 1. The summed E-state index contributed by atoms with van der Waals surface area (Å²) in [4.78, 5) is 16.1. The van der Waals surface area contributed by atoms with Crippen molar-refractivity contribution in [3.63, 3.8) is 0 Å². The van der Waals surface area contributed by atoms with E-state index in [1.165, 1.54) is 12.1 Å². The van der Waals surface area contributed by atoms with Crippen LogP contribution >= 0.6 is 24.0 Å². The third-order valence-corrected chi connectivity index (χ3v) is 6.12. The lowest BCUT2D eigenvalue weighted by Gasteiger charge is -2.39. The van der Waals surface area contributed by atoms with Gasteiger partial charge < -0.3 is 24.8 Å². The summed E-state index contributed by atoms with van der Waals surface area (Å²) in [6.07, 6.45) is 1.77. The second kappa shape index (κ2) is 11.9. The smallest absolute Gasteiger partial charge is 0.194 e. The highest BCUT2D eigenvalue weighted by molar-refractivity contribution is 14.0. The molecule has 0 radical (unpaired) electrons. The van der Waals surface area contributed by atoms with E-state index in [1.54, 1.807) is 19.2 Å². The lowest BCUT2D eigenvalue weighted by molar-refractivity contribution is -0.0605. The first-order valence-electron chi connectivity index (χ1n) is 11.3. The van der Waals surface area contributed by atoms with Crippen molar-refractivity contribution < 1.29 is 9.13 Å². The van der Waals surface area contributed by atoms with Gasteiger partial charge in [0.15, 0.2) is 5.96 Å². The number of halogens is 2. The molecule has 0 bridgehead atoms. The SMILES string of the molecule is CN=C(NCc1cccnc1N1CCN(C)CC1)N1CC(C)OC(c2ccc(F)cc2)C1.I. The van der Waals surface area contributed by atoms with Gasteiger partial charge in [-0.25, -0.2) is 9.37 Å². The number of aromatic nitrogens is 1. The van der Waals surface area contributed by atoms with Crippen LogP contribution in [0.25, 0.3) is 0 Å². The molecule has 0 amide bonds. The average molecular weight is 568 g/mol. The molecule has 0 spiro atoms. The predicted molar refractivity (Wildman–Crippen MR) is 141 cm³/mol. The van der Waals surface area contributed by atoms with E-state index in [-0.39, 0.29) is 42.0 Å². The van der Waals surface area contributed by atoms with Crippen LogP contribution in [0.15, 0.2) is 47.6 Å².